The Labute approximate surface area is 221 Å². The average Bonchev–Trinajstić information content (AvgIpc) is 3.15. The van der Waals surface area contributed by atoms with Crippen LogP contribution in [0.15, 0.2) is 58.4 Å². The van der Waals surface area contributed by atoms with Gasteiger partial charge in [0.2, 0.25) is 0 Å². The van der Waals surface area contributed by atoms with Gasteiger partial charge >= 0.3 is 0 Å². The van der Waals surface area contributed by atoms with E-state index in [4.69, 9.17) is 17.2 Å². The molecule has 2 aliphatic rings. The van der Waals surface area contributed by atoms with Crippen LogP contribution in [-0.4, -0.2) is 43.6 Å². The van der Waals surface area contributed by atoms with Crippen molar-refractivity contribution in [3.63, 3.8) is 0 Å². The minimum absolute atomic E-state index is 0.0370. The maximum absolute atomic E-state index is 13.7. The maximum Gasteiger partial charge on any atom is 0.267 e. The third-order valence-electron chi connectivity index (χ3n) is 6.88. The lowest BCUT2D eigenvalue weighted by Gasteiger charge is -2.33. The molecule has 0 saturated carbocycles. The zero-order valence-electron chi connectivity index (χ0n) is 20.8. The highest BCUT2D eigenvalue weighted by Crippen LogP contribution is 2.35. The molecule has 2 saturated heterocycles. The van der Waals surface area contributed by atoms with Crippen molar-refractivity contribution in [1.29, 1.82) is 0 Å². The number of hydrogen-bond donors (Lipinski definition) is 0. The number of rotatable bonds is 5. The Hall–Kier alpha value is -2.97. The first-order valence-electron chi connectivity index (χ1n) is 12.4. The fourth-order valence-corrected chi connectivity index (χ4v) is 6.47. The number of nitrogens with zero attached hydrogens (tertiary/aromatic N) is 4. The molecule has 2 fully saturated rings. The van der Waals surface area contributed by atoms with E-state index < -0.39 is 0 Å². The number of thiocarbonyl (C=S) groups is 1. The van der Waals surface area contributed by atoms with Crippen molar-refractivity contribution in [2.75, 3.05) is 18.0 Å². The molecule has 5 rings (SSSR count). The number of pyridine rings is 1. The number of thioether (sulfide) groups is 1. The molecule has 0 radical (unpaired) electrons. The lowest BCUT2D eigenvalue weighted by atomic mass is 9.90. The van der Waals surface area contributed by atoms with Crippen LogP contribution in [0.2, 0.25) is 0 Å². The molecule has 0 spiro atoms. The van der Waals surface area contributed by atoms with Gasteiger partial charge in [0.25, 0.3) is 11.5 Å². The molecule has 2 aliphatic heterocycles. The van der Waals surface area contributed by atoms with Gasteiger partial charge in [0.15, 0.2) is 0 Å². The number of carbonyl (C=O) groups is 1. The second-order valence-corrected chi connectivity index (χ2v) is 11.5. The fraction of sp³-hybridized carbons (Fsp3) is 0.357. The van der Waals surface area contributed by atoms with E-state index in [-0.39, 0.29) is 17.5 Å². The third-order valence-corrected chi connectivity index (χ3v) is 8.21. The highest BCUT2D eigenvalue weighted by atomic mass is 32.2. The topological polar surface area (TPSA) is 57.9 Å². The number of piperidine rings is 1. The van der Waals surface area contributed by atoms with Gasteiger partial charge in [0, 0.05) is 25.3 Å². The number of benzene rings is 1. The second-order valence-electron chi connectivity index (χ2n) is 9.85. The molecule has 3 aromatic rings. The molecular weight excluding hydrogens is 488 g/mol. The Kier molecular flexibility index (Phi) is 6.99. The number of aromatic nitrogens is 2. The van der Waals surface area contributed by atoms with Crippen LogP contribution in [0.3, 0.4) is 0 Å². The van der Waals surface area contributed by atoms with E-state index in [1.807, 2.05) is 39.0 Å². The van der Waals surface area contributed by atoms with Crippen LogP contribution in [0.1, 0.15) is 43.4 Å². The van der Waals surface area contributed by atoms with Crippen molar-refractivity contribution in [3.8, 4) is 0 Å². The quantitative estimate of drug-likeness (QED) is 0.347. The number of hydrogen-bond acceptors (Lipinski definition) is 6. The van der Waals surface area contributed by atoms with Gasteiger partial charge < -0.3 is 4.90 Å². The van der Waals surface area contributed by atoms with Gasteiger partial charge in [-0.05, 0) is 69.2 Å². The number of carbonyl (C=O) groups excluding carboxylic acids is 1. The minimum Gasteiger partial charge on any atom is -0.356 e. The highest BCUT2D eigenvalue weighted by Gasteiger charge is 2.34. The number of aryl methyl sites for hydroxylation is 1. The van der Waals surface area contributed by atoms with Gasteiger partial charge in [-0.1, -0.05) is 60.4 Å². The zero-order chi connectivity index (χ0) is 25.4. The first-order valence-corrected chi connectivity index (χ1v) is 13.6. The maximum atomic E-state index is 13.7. The van der Waals surface area contributed by atoms with Crippen molar-refractivity contribution in [2.24, 2.45) is 5.92 Å². The Morgan fingerprint density at radius 1 is 1.11 bits per heavy atom. The molecule has 0 N–H and O–H groups in total. The summed E-state index contributed by atoms with van der Waals surface area (Å²) in [6.07, 6.45) is 6.62. The summed E-state index contributed by atoms with van der Waals surface area (Å²) >= 11 is 6.71. The standard InChI is InChI=1S/C28H30N4O2S2/c1-18(2)32-27(34)23(36-28(32)35)16-22-25(29-24-10-9-19(3)17-31(24)26(22)33)30-13-11-21(12-14-30)15-20-7-5-4-6-8-20/h4-10,16-18,21H,11-15H2,1-3H3/b23-16+. The smallest absolute Gasteiger partial charge is 0.267 e. The van der Waals surface area contributed by atoms with Gasteiger partial charge in [-0.2, -0.15) is 0 Å². The van der Waals surface area contributed by atoms with Crippen molar-refractivity contribution in [2.45, 2.75) is 46.1 Å². The Bertz CT molecular complexity index is 1410. The molecule has 36 heavy (non-hydrogen) atoms. The summed E-state index contributed by atoms with van der Waals surface area (Å²) < 4.78 is 2.10. The monoisotopic (exact) mass is 518 g/mol. The second kappa shape index (κ2) is 10.2. The van der Waals surface area contributed by atoms with E-state index in [0.29, 0.717) is 32.2 Å². The van der Waals surface area contributed by atoms with Crippen LogP contribution < -0.4 is 10.5 Å². The summed E-state index contributed by atoms with van der Waals surface area (Å²) in [6.45, 7) is 7.46. The lowest BCUT2D eigenvalue weighted by molar-refractivity contribution is -0.123. The zero-order valence-corrected chi connectivity index (χ0v) is 22.4. The van der Waals surface area contributed by atoms with Gasteiger partial charge in [0.05, 0.1) is 10.5 Å². The molecule has 186 valence electrons. The largest absolute Gasteiger partial charge is 0.356 e. The predicted octanol–water partition coefficient (Wildman–Crippen LogP) is 5.07. The molecular formula is C28H30N4O2S2. The molecule has 2 aromatic heterocycles. The first kappa shape index (κ1) is 24.7. The Morgan fingerprint density at radius 3 is 2.50 bits per heavy atom. The molecule has 0 bridgehead atoms. The summed E-state index contributed by atoms with van der Waals surface area (Å²) in [7, 11) is 0. The lowest BCUT2D eigenvalue weighted by Crippen LogP contribution is -2.37. The average molecular weight is 519 g/mol. The van der Waals surface area contributed by atoms with E-state index in [1.165, 1.54) is 17.3 Å². The van der Waals surface area contributed by atoms with E-state index in [1.54, 1.807) is 21.6 Å². The molecule has 0 aliphatic carbocycles. The normalized spacial score (nSPS) is 18.3. The van der Waals surface area contributed by atoms with Crippen LogP contribution >= 0.6 is 24.0 Å². The van der Waals surface area contributed by atoms with Gasteiger partial charge in [-0.3, -0.25) is 18.9 Å². The van der Waals surface area contributed by atoms with E-state index >= 15 is 0 Å². The van der Waals surface area contributed by atoms with Crippen LogP contribution in [0.25, 0.3) is 11.7 Å². The van der Waals surface area contributed by atoms with E-state index in [2.05, 4.69) is 29.2 Å². The fourth-order valence-electron chi connectivity index (χ4n) is 4.97. The van der Waals surface area contributed by atoms with Crippen LogP contribution in [0.4, 0.5) is 5.82 Å². The van der Waals surface area contributed by atoms with Crippen LogP contribution in [0, 0.1) is 12.8 Å². The molecule has 4 heterocycles. The van der Waals surface area contributed by atoms with Gasteiger partial charge in [-0.15, -0.1) is 0 Å². The van der Waals surface area contributed by atoms with E-state index in [0.717, 1.165) is 37.9 Å². The van der Waals surface area contributed by atoms with Crippen molar-refractivity contribution < 1.29 is 4.79 Å². The molecule has 1 aromatic carbocycles. The van der Waals surface area contributed by atoms with Gasteiger partial charge in [-0.25, -0.2) is 4.98 Å². The summed E-state index contributed by atoms with van der Waals surface area (Å²) in [5.41, 5.74) is 3.22. The van der Waals surface area contributed by atoms with Crippen LogP contribution in [-0.2, 0) is 11.2 Å². The molecule has 0 atom stereocenters. The Morgan fingerprint density at radius 2 is 1.83 bits per heavy atom. The first-order chi connectivity index (χ1) is 17.3. The highest BCUT2D eigenvalue weighted by molar-refractivity contribution is 8.26. The minimum atomic E-state index is -0.167. The van der Waals surface area contributed by atoms with E-state index in [9.17, 15) is 9.59 Å². The molecule has 6 nitrogen and oxygen atoms in total. The van der Waals surface area contributed by atoms with Crippen molar-refractivity contribution in [3.05, 3.63) is 80.6 Å². The summed E-state index contributed by atoms with van der Waals surface area (Å²) in [5, 5.41) is 0. The molecule has 8 heteroatoms. The predicted molar refractivity (Wildman–Crippen MR) is 151 cm³/mol. The number of fused-ring (bicyclic) bond motifs is 1. The Balaban J connectivity index is 1.50. The van der Waals surface area contributed by atoms with Crippen molar-refractivity contribution in [1.82, 2.24) is 14.3 Å². The van der Waals surface area contributed by atoms with Crippen molar-refractivity contribution >= 4 is 51.7 Å². The molecule has 0 unspecified atom stereocenters. The SMILES string of the molecule is Cc1ccc2nc(N3CCC(Cc4ccccc4)CC3)c(/C=C3/SC(=S)N(C(C)C)C3=O)c(=O)n2c1. The summed E-state index contributed by atoms with van der Waals surface area (Å²) in [5.74, 6) is 1.09. The molecule has 1 amide bonds. The summed E-state index contributed by atoms with van der Waals surface area (Å²) in [6, 6.07) is 14.4. The summed E-state index contributed by atoms with van der Waals surface area (Å²) in [4.78, 5) is 36.0. The van der Waals surface area contributed by atoms with Gasteiger partial charge in [0.1, 0.15) is 15.8 Å². The van der Waals surface area contributed by atoms with Crippen LogP contribution in [0.5, 0.6) is 0 Å². The number of anilines is 1. The number of amides is 1. The third kappa shape index (κ3) is 4.84.